The third-order valence-electron chi connectivity index (χ3n) is 6.16. The molecule has 1 heterocycles. The van der Waals surface area contributed by atoms with Crippen molar-refractivity contribution in [3.8, 4) is 0 Å². The molecule has 0 saturated carbocycles. The van der Waals surface area contributed by atoms with Crippen LogP contribution in [0.2, 0.25) is 18.1 Å². The van der Waals surface area contributed by atoms with Crippen molar-refractivity contribution < 1.29 is 23.7 Å². The Balaban J connectivity index is 2.16. The zero-order valence-corrected chi connectivity index (χ0v) is 19.8. The summed E-state index contributed by atoms with van der Waals surface area (Å²) >= 11 is 0. The van der Waals surface area contributed by atoms with E-state index < -0.39 is 20.2 Å². The standard InChI is InChI=1S/C23H38O5Si/c1-8-14-23(24)21(25-5)15-19(26-16-18-12-10-9-11-13-18)20(28-23)17-27-29(6,7)22(2,3)4/h8-13,19-21,24H,1,14-17H2,2-7H3/t19-,20+,21+,23+/m0/s1. The van der Waals surface area contributed by atoms with Crippen molar-refractivity contribution in [2.24, 2.45) is 0 Å². The average molecular weight is 423 g/mol. The smallest absolute Gasteiger partial charge is 0.196 e. The lowest BCUT2D eigenvalue weighted by atomic mass is 9.93. The number of ether oxygens (including phenoxy) is 3. The van der Waals surface area contributed by atoms with Crippen molar-refractivity contribution in [1.82, 2.24) is 0 Å². The quantitative estimate of drug-likeness (QED) is 0.463. The van der Waals surface area contributed by atoms with Crippen molar-refractivity contribution in [2.45, 2.75) is 82.5 Å². The topological polar surface area (TPSA) is 57.2 Å². The third-order valence-corrected chi connectivity index (χ3v) is 10.7. The molecule has 1 aliphatic rings. The van der Waals surface area contributed by atoms with Gasteiger partial charge in [-0.2, -0.15) is 0 Å². The molecule has 1 aliphatic heterocycles. The summed E-state index contributed by atoms with van der Waals surface area (Å²) in [5, 5.41) is 11.2. The van der Waals surface area contributed by atoms with E-state index in [1.165, 1.54) is 0 Å². The average Bonchev–Trinajstić information content (AvgIpc) is 2.65. The van der Waals surface area contributed by atoms with Crippen LogP contribution >= 0.6 is 0 Å². The minimum Gasteiger partial charge on any atom is -0.414 e. The fourth-order valence-corrected chi connectivity index (χ4v) is 4.24. The molecule has 2 rings (SSSR count). The Morgan fingerprint density at radius 1 is 1.28 bits per heavy atom. The third kappa shape index (κ3) is 6.23. The SMILES string of the molecule is C=CC[C@@]1(O)O[C@H](CO[Si](C)(C)C(C)(C)C)[C@@H](OCc2ccccc2)C[C@H]1OC. The predicted octanol–water partition coefficient (Wildman–Crippen LogP) is 4.66. The number of methoxy groups -OCH3 is 1. The van der Waals surface area contributed by atoms with Gasteiger partial charge in [-0.3, -0.25) is 0 Å². The molecule has 1 aromatic carbocycles. The van der Waals surface area contributed by atoms with Crippen LogP contribution < -0.4 is 0 Å². The van der Waals surface area contributed by atoms with Crippen LogP contribution in [0.4, 0.5) is 0 Å². The summed E-state index contributed by atoms with van der Waals surface area (Å²) in [6.45, 7) is 15.7. The highest BCUT2D eigenvalue weighted by Crippen LogP contribution is 2.39. The lowest BCUT2D eigenvalue weighted by molar-refractivity contribution is -0.330. The van der Waals surface area contributed by atoms with Crippen LogP contribution in [0.15, 0.2) is 43.0 Å². The van der Waals surface area contributed by atoms with Crippen LogP contribution in [-0.4, -0.2) is 51.2 Å². The molecule has 4 atom stereocenters. The fourth-order valence-electron chi connectivity index (χ4n) is 3.23. The lowest BCUT2D eigenvalue weighted by Gasteiger charge is -2.47. The summed E-state index contributed by atoms with van der Waals surface area (Å²) in [5.74, 6) is -1.43. The van der Waals surface area contributed by atoms with E-state index in [4.69, 9.17) is 18.6 Å². The van der Waals surface area contributed by atoms with Gasteiger partial charge in [0, 0.05) is 20.0 Å². The summed E-state index contributed by atoms with van der Waals surface area (Å²) < 4.78 is 24.4. The minimum absolute atomic E-state index is 0.0918. The van der Waals surface area contributed by atoms with Crippen LogP contribution in [-0.2, 0) is 25.2 Å². The van der Waals surface area contributed by atoms with Crippen molar-refractivity contribution in [3.63, 3.8) is 0 Å². The van der Waals surface area contributed by atoms with E-state index in [0.29, 0.717) is 19.6 Å². The molecule has 1 N–H and O–H groups in total. The summed E-state index contributed by atoms with van der Waals surface area (Å²) in [6, 6.07) is 10.0. The van der Waals surface area contributed by atoms with E-state index in [1.54, 1.807) is 13.2 Å². The van der Waals surface area contributed by atoms with Crippen LogP contribution in [0, 0.1) is 0 Å². The normalized spacial score (nSPS) is 28.3. The van der Waals surface area contributed by atoms with Gasteiger partial charge < -0.3 is 23.7 Å². The molecule has 0 radical (unpaired) electrons. The molecule has 1 saturated heterocycles. The molecule has 0 aromatic heterocycles. The van der Waals surface area contributed by atoms with E-state index >= 15 is 0 Å². The second kappa shape index (κ2) is 9.86. The maximum absolute atomic E-state index is 11.1. The first kappa shape index (κ1) is 24.2. The van der Waals surface area contributed by atoms with E-state index in [1.807, 2.05) is 30.3 Å². The van der Waals surface area contributed by atoms with Gasteiger partial charge in [-0.1, -0.05) is 57.2 Å². The van der Waals surface area contributed by atoms with Gasteiger partial charge in [0.05, 0.1) is 19.3 Å². The van der Waals surface area contributed by atoms with Gasteiger partial charge in [-0.05, 0) is 23.7 Å². The highest BCUT2D eigenvalue weighted by atomic mass is 28.4. The fraction of sp³-hybridized carbons (Fsp3) is 0.652. The van der Waals surface area contributed by atoms with E-state index in [-0.39, 0.29) is 23.7 Å². The Kier molecular flexibility index (Phi) is 8.24. The molecule has 0 unspecified atom stereocenters. The second-order valence-corrected chi connectivity index (χ2v) is 14.2. The van der Waals surface area contributed by atoms with Gasteiger partial charge in [-0.15, -0.1) is 6.58 Å². The molecule has 0 bridgehead atoms. The molecule has 5 nitrogen and oxygen atoms in total. The van der Waals surface area contributed by atoms with Crippen molar-refractivity contribution in [1.29, 1.82) is 0 Å². The van der Waals surface area contributed by atoms with Crippen molar-refractivity contribution >= 4 is 8.32 Å². The van der Waals surface area contributed by atoms with Crippen LogP contribution in [0.3, 0.4) is 0 Å². The zero-order chi connectivity index (χ0) is 21.7. The van der Waals surface area contributed by atoms with Crippen LogP contribution in [0.1, 0.15) is 39.2 Å². The molecule has 6 heteroatoms. The Hall–Kier alpha value is -1.02. The maximum Gasteiger partial charge on any atom is 0.196 e. The number of rotatable bonds is 9. The zero-order valence-electron chi connectivity index (χ0n) is 18.8. The summed E-state index contributed by atoms with van der Waals surface area (Å²) in [6.07, 6.45) is 1.35. The highest BCUT2D eigenvalue weighted by molar-refractivity contribution is 6.74. The number of hydrogen-bond acceptors (Lipinski definition) is 5. The number of aliphatic hydroxyl groups is 1. The Morgan fingerprint density at radius 3 is 2.48 bits per heavy atom. The van der Waals surface area contributed by atoms with Gasteiger partial charge in [0.2, 0.25) is 0 Å². The monoisotopic (exact) mass is 422 g/mol. The van der Waals surface area contributed by atoms with Gasteiger partial charge in [-0.25, -0.2) is 0 Å². The maximum atomic E-state index is 11.1. The van der Waals surface area contributed by atoms with Crippen molar-refractivity contribution in [2.75, 3.05) is 13.7 Å². The molecule has 164 valence electrons. The Morgan fingerprint density at radius 2 is 1.93 bits per heavy atom. The van der Waals surface area contributed by atoms with Crippen LogP contribution in [0.5, 0.6) is 0 Å². The van der Waals surface area contributed by atoms with E-state index in [9.17, 15) is 5.11 Å². The predicted molar refractivity (Wildman–Crippen MR) is 118 cm³/mol. The first-order valence-electron chi connectivity index (χ1n) is 10.4. The molecule has 1 fully saturated rings. The Labute approximate surface area is 177 Å². The van der Waals surface area contributed by atoms with Gasteiger partial charge in [0.25, 0.3) is 0 Å². The van der Waals surface area contributed by atoms with E-state index in [0.717, 1.165) is 5.56 Å². The van der Waals surface area contributed by atoms with Crippen molar-refractivity contribution in [3.05, 3.63) is 48.6 Å². The van der Waals surface area contributed by atoms with Crippen LogP contribution in [0.25, 0.3) is 0 Å². The first-order chi connectivity index (χ1) is 13.5. The number of benzene rings is 1. The minimum atomic E-state index is -1.96. The second-order valence-electron chi connectivity index (χ2n) is 9.36. The first-order valence-corrected chi connectivity index (χ1v) is 13.3. The largest absolute Gasteiger partial charge is 0.414 e. The molecular weight excluding hydrogens is 384 g/mol. The Bertz CT molecular complexity index is 642. The molecule has 0 spiro atoms. The molecular formula is C23H38O5Si. The number of hydrogen-bond donors (Lipinski definition) is 1. The van der Waals surface area contributed by atoms with Gasteiger partial charge >= 0.3 is 0 Å². The molecule has 1 aromatic rings. The van der Waals surface area contributed by atoms with Gasteiger partial charge in [0.15, 0.2) is 14.1 Å². The molecule has 0 amide bonds. The lowest BCUT2D eigenvalue weighted by Crippen LogP contribution is -2.59. The summed E-state index contributed by atoms with van der Waals surface area (Å²) in [7, 11) is -0.378. The molecule has 0 aliphatic carbocycles. The van der Waals surface area contributed by atoms with Gasteiger partial charge in [0.1, 0.15) is 12.2 Å². The summed E-state index contributed by atoms with van der Waals surface area (Å²) in [5.41, 5.74) is 1.09. The molecule has 29 heavy (non-hydrogen) atoms. The highest BCUT2D eigenvalue weighted by Gasteiger charge is 2.49. The summed E-state index contributed by atoms with van der Waals surface area (Å²) in [4.78, 5) is 0. The van der Waals surface area contributed by atoms with E-state index in [2.05, 4.69) is 40.4 Å².